The number of hydrogen-bond acceptors (Lipinski definition) is 8. The molecule has 0 aromatic heterocycles. The molecule has 4 N–H and O–H groups in total. The maximum absolute atomic E-state index is 14.4. The summed E-state index contributed by atoms with van der Waals surface area (Å²) < 4.78 is 33.4. The number of amides is 6. The van der Waals surface area contributed by atoms with Crippen LogP contribution in [0.3, 0.4) is 0 Å². The molecule has 14 nitrogen and oxygen atoms in total. The number of nitrogens with one attached hydrogen (secondary N) is 4. The van der Waals surface area contributed by atoms with Crippen molar-refractivity contribution in [1.29, 1.82) is 0 Å². The van der Waals surface area contributed by atoms with E-state index in [9.17, 15) is 32.4 Å². The molecular weight excluding hydrogens is 689 g/mol. The van der Waals surface area contributed by atoms with Gasteiger partial charge in [0.25, 0.3) is 5.91 Å². The highest BCUT2D eigenvalue weighted by Gasteiger charge is 2.62. The second kappa shape index (κ2) is 14.6. The minimum atomic E-state index is -3.90. The Morgan fingerprint density at radius 1 is 1.15 bits per heavy atom. The zero-order valence-corrected chi connectivity index (χ0v) is 30.9. The third kappa shape index (κ3) is 7.98. The number of unbranched alkanes of at least 4 members (excludes halogenated alkanes) is 1. The van der Waals surface area contributed by atoms with E-state index in [4.69, 9.17) is 4.74 Å². The van der Waals surface area contributed by atoms with Gasteiger partial charge in [-0.25, -0.2) is 18.0 Å². The average molecular weight is 739 g/mol. The highest BCUT2D eigenvalue weighted by molar-refractivity contribution is 7.91. The van der Waals surface area contributed by atoms with E-state index in [-0.39, 0.29) is 19.4 Å². The number of nitrogens with zero attached hydrogens (tertiary/aromatic N) is 2. The van der Waals surface area contributed by atoms with Crippen LogP contribution in [0.15, 0.2) is 36.9 Å². The molecule has 6 amide bonds. The number of urea groups is 1. The lowest BCUT2D eigenvalue weighted by atomic mass is 9.97. The number of carbonyl (C=O) groups is 5. The van der Waals surface area contributed by atoms with Crippen molar-refractivity contribution in [2.45, 2.75) is 126 Å². The van der Waals surface area contributed by atoms with Gasteiger partial charge in [0.15, 0.2) is 0 Å². The van der Waals surface area contributed by atoms with Crippen molar-refractivity contribution in [3.63, 3.8) is 0 Å². The molecule has 15 heteroatoms. The largest absolute Gasteiger partial charge is 0.444 e. The molecule has 1 aromatic carbocycles. The Kier molecular flexibility index (Phi) is 10.5. The van der Waals surface area contributed by atoms with Gasteiger partial charge < -0.3 is 25.6 Å². The number of sulfonamides is 1. The fraction of sp³-hybridized carbons (Fsp3) is 0.595. The molecule has 5 atom stereocenters. The standard InChI is InChI=1S/C37H50N6O8S/c1-5-7-14-29-32(45)43-21-26(18-30(43)31(44)39-37(19-25(37)6-2)33(46)41-52(49,50)27-15-16-27)51-35(48)42-20-24-13-10-12-23(28(24)22-42)11-8-9-17-36(3,4)40-34(47)38-29/h6,8,10-13,25-27,29-30H,2,5,7,9,14-22H2,1,3-4H3,(H,39,44)(H,41,46)(H2,38,40,47)/b11-8+/t25-,26+,29-,30-,37+/m0/s1. The summed E-state index contributed by atoms with van der Waals surface area (Å²) in [5.74, 6) is -2.60. The predicted octanol–water partition coefficient (Wildman–Crippen LogP) is 3.22. The Labute approximate surface area is 305 Å². The molecule has 3 aliphatic heterocycles. The van der Waals surface area contributed by atoms with Crippen molar-refractivity contribution in [3.05, 3.63) is 53.6 Å². The summed E-state index contributed by atoms with van der Waals surface area (Å²) in [6.45, 7) is 10.1. The number of allylic oxidation sites excluding steroid dienone is 1. The van der Waals surface area contributed by atoms with Crippen molar-refractivity contribution >= 4 is 45.9 Å². The molecule has 282 valence electrons. The Balaban J connectivity index is 1.28. The van der Waals surface area contributed by atoms with Crippen LogP contribution in [-0.2, 0) is 42.2 Å². The van der Waals surface area contributed by atoms with E-state index in [1.165, 1.54) is 11.0 Å². The third-order valence-corrected chi connectivity index (χ3v) is 12.6. The Morgan fingerprint density at radius 3 is 2.62 bits per heavy atom. The molecule has 0 radical (unpaired) electrons. The lowest BCUT2D eigenvalue weighted by Crippen LogP contribution is -2.59. The normalized spacial score (nSPS) is 29.4. The predicted molar refractivity (Wildman–Crippen MR) is 193 cm³/mol. The van der Waals surface area contributed by atoms with Crippen LogP contribution in [0, 0.1) is 5.92 Å². The molecule has 2 aliphatic carbocycles. The number of hydrogen-bond donors (Lipinski definition) is 4. The first-order chi connectivity index (χ1) is 24.7. The van der Waals surface area contributed by atoms with Crippen LogP contribution in [0.2, 0.25) is 0 Å². The van der Waals surface area contributed by atoms with E-state index in [0.717, 1.165) is 23.1 Å². The van der Waals surface area contributed by atoms with Crippen molar-refractivity contribution < 1.29 is 37.1 Å². The van der Waals surface area contributed by atoms with Gasteiger partial charge >= 0.3 is 12.1 Å². The first-order valence-electron chi connectivity index (χ1n) is 18.3. The molecule has 2 saturated carbocycles. The van der Waals surface area contributed by atoms with Gasteiger partial charge in [-0.2, -0.15) is 0 Å². The summed E-state index contributed by atoms with van der Waals surface area (Å²) in [7, 11) is -3.90. The van der Waals surface area contributed by atoms with Gasteiger partial charge in [0.05, 0.1) is 18.3 Å². The van der Waals surface area contributed by atoms with Gasteiger partial charge in [-0.05, 0) is 69.1 Å². The number of rotatable bonds is 9. The van der Waals surface area contributed by atoms with Gasteiger partial charge in [0, 0.05) is 24.4 Å². The van der Waals surface area contributed by atoms with Crippen molar-refractivity contribution in [3.8, 4) is 0 Å². The lowest BCUT2D eigenvalue weighted by molar-refractivity contribution is -0.141. The van der Waals surface area contributed by atoms with Crippen LogP contribution in [0.4, 0.5) is 9.59 Å². The fourth-order valence-corrected chi connectivity index (χ4v) is 8.79. The van der Waals surface area contributed by atoms with Gasteiger partial charge in [0.1, 0.15) is 23.7 Å². The van der Waals surface area contributed by atoms with E-state index in [2.05, 4.69) is 33.3 Å². The molecule has 5 aliphatic rings. The second-order valence-corrected chi connectivity index (χ2v) is 17.4. The van der Waals surface area contributed by atoms with Crippen molar-refractivity contribution in [1.82, 2.24) is 30.5 Å². The van der Waals surface area contributed by atoms with Crippen LogP contribution >= 0.6 is 0 Å². The summed E-state index contributed by atoms with van der Waals surface area (Å²) in [6.07, 6.45) is 8.07. The maximum atomic E-state index is 14.4. The molecular formula is C37H50N6O8S. The minimum Gasteiger partial charge on any atom is -0.444 e. The SMILES string of the molecule is C=C[C@H]1C[C@]1(NC(=O)[C@@H]1C[C@@H]2CN1C(=O)[C@H](CCCC)NC(=O)NC(C)(C)CC/C=C/c1cccc3c1CN(C3)C(=O)O2)C(=O)NS(=O)(=O)C1CC1. The quantitative estimate of drug-likeness (QED) is 0.279. The molecule has 6 rings (SSSR count). The highest BCUT2D eigenvalue weighted by atomic mass is 32.2. The van der Waals surface area contributed by atoms with Gasteiger partial charge in [-0.15, -0.1) is 6.58 Å². The summed E-state index contributed by atoms with van der Waals surface area (Å²) in [5, 5.41) is 7.95. The zero-order valence-electron chi connectivity index (χ0n) is 30.1. The molecule has 0 spiro atoms. The monoisotopic (exact) mass is 738 g/mol. The average Bonchev–Trinajstić information content (AvgIpc) is 3.98. The first-order valence-corrected chi connectivity index (χ1v) is 19.8. The maximum Gasteiger partial charge on any atom is 0.410 e. The van der Waals surface area contributed by atoms with Gasteiger partial charge in [-0.3, -0.25) is 24.0 Å². The van der Waals surface area contributed by atoms with E-state index >= 15 is 0 Å². The number of benzene rings is 1. The Morgan fingerprint density at radius 2 is 1.92 bits per heavy atom. The van der Waals surface area contributed by atoms with E-state index < -0.39 is 80.3 Å². The first kappa shape index (κ1) is 37.4. The van der Waals surface area contributed by atoms with E-state index in [1.54, 1.807) is 4.90 Å². The molecule has 3 fully saturated rings. The number of ether oxygens (including phenoxy) is 1. The Hall–Kier alpha value is -4.40. The molecule has 3 heterocycles. The summed E-state index contributed by atoms with van der Waals surface area (Å²) in [6, 6.07) is 3.22. The van der Waals surface area contributed by atoms with Crippen molar-refractivity contribution in [2.75, 3.05) is 6.54 Å². The molecule has 0 unspecified atom stereocenters. The molecule has 4 bridgehead atoms. The fourth-order valence-electron chi connectivity index (χ4n) is 7.43. The second-order valence-electron chi connectivity index (χ2n) is 15.4. The lowest BCUT2D eigenvalue weighted by Gasteiger charge is -2.31. The molecule has 1 aromatic rings. The highest BCUT2D eigenvalue weighted by Crippen LogP contribution is 2.45. The summed E-state index contributed by atoms with van der Waals surface area (Å²) >= 11 is 0. The van der Waals surface area contributed by atoms with Crippen LogP contribution in [0.1, 0.15) is 95.2 Å². The summed E-state index contributed by atoms with van der Waals surface area (Å²) in [4.78, 5) is 71.8. The van der Waals surface area contributed by atoms with Crippen molar-refractivity contribution in [2.24, 2.45) is 5.92 Å². The number of carbonyl (C=O) groups excluding carboxylic acids is 5. The topological polar surface area (TPSA) is 183 Å². The third-order valence-electron chi connectivity index (χ3n) is 10.8. The summed E-state index contributed by atoms with van der Waals surface area (Å²) in [5.41, 5.74) is 0.829. The minimum absolute atomic E-state index is 0.0609. The van der Waals surface area contributed by atoms with Gasteiger partial charge in [0.2, 0.25) is 21.8 Å². The number of fused-ring (bicyclic) bond motifs is 3. The Bertz CT molecular complexity index is 1770. The van der Waals surface area contributed by atoms with E-state index in [1.807, 2.05) is 45.0 Å². The van der Waals surface area contributed by atoms with Gasteiger partial charge in [-0.1, -0.05) is 56.2 Å². The molecule has 1 saturated heterocycles. The molecule has 52 heavy (non-hydrogen) atoms. The smallest absolute Gasteiger partial charge is 0.410 e. The van der Waals surface area contributed by atoms with Crippen LogP contribution in [0.5, 0.6) is 0 Å². The van der Waals surface area contributed by atoms with E-state index in [0.29, 0.717) is 51.6 Å². The zero-order chi connectivity index (χ0) is 37.4. The van der Waals surface area contributed by atoms with Crippen LogP contribution in [-0.4, -0.2) is 89.1 Å². The van der Waals surface area contributed by atoms with Crippen LogP contribution < -0.4 is 20.7 Å². The van der Waals surface area contributed by atoms with Crippen LogP contribution in [0.25, 0.3) is 6.08 Å².